The zero-order chi connectivity index (χ0) is 17.7. The first-order chi connectivity index (χ1) is 11.5. The van der Waals surface area contributed by atoms with E-state index in [0.717, 1.165) is 50.0 Å². The van der Waals surface area contributed by atoms with E-state index < -0.39 is 0 Å². The number of aromatic amines is 1. The molecule has 1 saturated heterocycles. The molecule has 1 aliphatic heterocycles. The maximum Gasteiger partial charge on any atom is 0.268 e. The van der Waals surface area contributed by atoms with Crippen LogP contribution in [0.5, 0.6) is 0 Å². The summed E-state index contributed by atoms with van der Waals surface area (Å²) in [7, 11) is 0. The van der Waals surface area contributed by atoms with Crippen LogP contribution in [0, 0.1) is 13.8 Å². The number of carbonyl (C=O) groups excluding carboxylic acids is 2. The van der Waals surface area contributed by atoms with Gasteiger partial charge >= 0.3 is 0 Å². The summed E-state index contributed by atoms with van der Waals surface area (Å²) < 4.78 is 0. The second-order valence-corrected chi connectivity index (χ2v) is 6.66. The highest BCUT2D eigenvalue weighted by atomic mass is 16.3. The van der Waals surface area contributed by atoms with Crippen LogP contribution < -0.4 is 5.32 Å². The van der Waals surface area contributed by atoms with Gasteiger partial charge in [-0.3, -0.25) is 14.5 Å². The summed E-state index contributed by atoms with van der Waals surface area (Å²) in [6.45, 7) is 8.02. The number of ketones is 1. The summed E-state index contributed by atoms with van der Waals surface area (Å²) in [5, 5.41) is 12.2. The van der Waals surface area contributed by atoms with Crippen LogP contribution in [0.25, 0.3) is 0 Å². The number of H-pyrrole nitrogens is 1. The van der Waals surface area contributed by atoms with Gasteiger partial charge in [-0.15, -0.1) is 0 Å². The summed E-state index contributed by atoms with van der Waals surface area (Å²) in [4.78, 5) is 29.3. The third kappa shape index (κ3) is 4.24. The molecule has 6 nitrogen and oxygen atoms in total. The lowest BCUT2D eigenvalue weighted by molar-refractivity contribution is 0.0947. The number of rotatable bonds is 8. The number of Topliss-reactive ketones (excluding diaryl/α,β-unsaturated/α-hetero) is 1. The molecule has 0 radical (unpaired) electrons. The van der Waals surface area contributed by atoms with E-state index in [1.54, 1.807) is 6.92 Å². The Balaban J connectivity index is 1.76. The molecule has 6 heteroatoms. The number of aliphatic hydroxyl groups is 1. The van der Waals surface area contributed by atoms with Crippen molar-refractivity contribution in [3.05, 3.63) is 22.5 Å². The zero-order valence-corrected chi connectivity index (χ0v) is 14.9. The topological polar surface area (TPSA) is 85.4 Å². The minimum absolute atomic E-state index is 0.0237. The molecule has 1 unspecified atom stereocenters. The largest absolute Gasteiger partial charge is 0.395 e. The van der Waals surface area contributed by atoms with E-state index in [9.17, 15) is 14.7 Å². The summed E-state index contributed by atoms with van der Waals surface area (Å²) in [5.41, 5.74) is 2.57. The molecule has 1 aromatic heterocycles. The molecule has 2 rings (SSSR count). The minimum atomic E-state index is -0.155. The number of aromatic nitrogens is 1. The van der Waals surface area contributed by atoms with Crippen molar-refractivity contribution in [2.45, 2.75) is 52.5 Å². The monoisotopic (exact) mass is 335 g/mol. The average Bonchev–Trinajstić information content (AvgIpc) is 3.10. The van der Waals surface area contributed by atoms with E-state index in [-0.39, 0.29) is 18.3 Å². The second-order valence-electron chi connectivity index (χ2n) is 6.66. The summed E-state index contributed by atoms with van der Waals surface area (Å²) in [5.74, 6) is -0.179. The molecular weight excluding hydrogens is 306 g/mol. The van der Waals surface area contributed by atoms with Gasteiger partial charge in [0.2, 0.25) is 0 Å². The molecule has 134 valence electrons. The third-order valence-electron chi connectivity index (χ3n) is 4.88. The van der Waals surface area contributed by atoms with Crippen molar-refractivity contribution in [2.24, 2.45) is 0 Å². The number of amides is 1. The molecule has 0 bridgehead atoms. The first-order valence-corrected chi connectivity index (χ1v) is 8.79. The van der Waals surface area contributed by atoms with E-state index in [1.165, 1.54) is 6.92 Å². The number of likely N-dealkylation sites (tertiary alicyclic amines) is 1. The van der Waals surface area contributed by atoms with Crippen LogP contribution in [0.15, 0.2) is 0 Å². The Morgan fingerprint density at radius 2 is 2.08 bits per heavy atom. The highest BCUT2D eigenvalue weighted by molar-refractivity contribution is 6.02. The van der Waals surface area contributed by atoms with Crippen molar-refractivity contribution in [1.29, 1.82) is 0 Å². The van der Waals surface area contributed by atoms with Crippen molar-refractivity contribution in [3.8, 4) is 0 Å². The van der Waals surface area contributed by atoms with Crippen LogP contribution in [-0.4, -0.2) is 59.0 Å². The van der Waals surface area contributed by atoms with Crippen molar-refractivity contribution in [3.63, 3.8) is 0 Å². The van der Waals surface area contributed by atoms with Gasteiger partial charge in [-0.1, -0.05) is 0 Å². The third-order valence-corrected chi connectivity index (χ3v) is 4.88. The highest BCUT2D eigenvalue weighted by Crippen LogP contribution is 2.19. The summed E-state index contributed by atoms with van der Waals surface area (Å²) in [6.07, 6.45) is 4.14. The molecule has 1 amide bonds. The molecule has 1 aromatic rings. The lowest BCUT2D eigenvalue weighted by Crippen LogP contribution is -2.33. The Morgan fingerprint density at radius 1 is 1.33 bits per heavy atom. The maximum atomic E-state index is 12.3. The number of unbranched alkanes of at least 4 members (excludes halogenated alkanes) is 1. The number of carbonyl (C=O) groups is 2. The molecule has 0 saturated carbocycles. The molecular formula is C18H29N3O3. The smallest absolute Gasteiger partial charge is 0.268 e. The SMILES string of the molecule is CC(=O)c1c(C)[nH]c(C(=O)NCCCCN2CCCC2CO)c1C. The maximum absolute atomic E-state index is 12.3. The van der Waals surface area contributed by atoms with Crippen molar-refractivity contribution >= 4 is 11.7 Å². The van der Waals surface area contributed by atoms with Crippen molar-refractivity contribution in [1.82, 2.24) is 15.2 Å². The predicted octanol–water partition coefficient (Wildman–Crippen LogP) is 1.80. The fraction of sp³-hybridized carbons (Fsp3) is 0.667. The van der Waals surface area contributed by atoms with Gasteiger partial charge in [-0.2, -0.15) is 0 Å². The van der Waals surface area contributed by atoms with Gasteiger partial charge in [0.15, 0.2) is 5.78 Å². The van der Waals surface area contributed by atoms with Crippen LogP contribution in [0.4, 0.5) is 0 Å². The summed E-state index contributed by atoms with van der Waals surface area (Å²) in [6, 6.07) is 0.314. The van der Waals surface area contributed by atoms with Crippen LogP contribution in [0.3, 0.4) is 0 Å². The number of aryl methyl sites for hydroxylation is 1. The molecule has 1 aliphatic rings. The molecule has 0 aliphatic carbocycles. The number of aliphatic hydroxyl groups excluding tert-OH is 1. The highest BCUT2D eigenvalue weighted by Gasteiger charge is 2.23. The summed E-state index contributed by atoms with van der Waals surface area (Å²) >= 11 is 0. The first kappa shape index (κ1) is 18.7. The normalized spacial score (nSPS) is 18.1. The molecule has 3 N–H and O–H groups in total. The van der Waals surface area contributed by atoms with Gasteiger partial charge in [0, 0.05) is 23.8 Å². The van der Waals surface area contributed by atoms with Gasteiger partial charge in [-0.25, -0.2) is 0 Å². The van der Waals surface area contributed by atoms with E-state index in [2.05, 4.69) is 15.2 Å². The second kappa shape index (κ2) is 8.44. The molecule has 2 heterocycles. The molecule has 1 fully saturated rings. The number of hydrogen-bond acceptors (Lipinski definition) is 4. The van der Waals surface area contributed by atoms with Crippen LogP contribution in [0.1, 0.15) is 64.7 Å². The van der Waals surface area contributed by atoms with Crippen LogP contribution in [-0.2, 0) is 0 Å². The molecule has 24 heavy (non-hydrogen) atoms. The zero-order valence-electron chi connectivity index (χ0n) is 14.9. The predicted molar refractivity (Wildman–Crippen MR) is 93.5 cm³/mol. The Kier molecular flexibility index (Phi) is 6.57. The molecule has 0 spiro atoms. The van der Waals surface area contributed by atoms with Gasteiger partial charge in [-0.05, 0) is 65.1 Å². The van der Waals surface area contributed by atoms with Gasteiger partial charge in [0.25, 0.3) is 5.91 Å². The van der Waals surface area contributed by atoms with Gasteiger partial charge < -0.3 is 15.4 Å². The Morgan fingerprint density at radius 3 is 2.71 bits per heavy atom. The van der Waals surface area contributed by atoms with Crippen LogP contribution >= 0.6 is 0 Å². The van der Waals surface area contributed by atoms with Gasteiger partial charge in [0.1, 0.15) is 5.69 Å². The van der Waals surface area contributed by atoms with E-state index in [4.69, 9.17) is 0 Å². The fourth-order valence-electron chi connectivity index (χ4n) is 3.63. The van der Waals surface area contributed by atoms with Crippen molar-refractivity contribution in [2.75, 3.05) is 26.2 Å². The fourth-order valence-corrected chi connectivity index (χ4v) is 3.63. The van der Waals surface area contributed by atoms with Gasteiger partial charge in [0.05, 0.1) is 6.61 Å². The quantitative estimate of drug-likeness (QED) is 0.499. The standard InChI is InChI=1S/C18H29N3O3/c1-12-16(14(3)23)13(2)20-17(12)18(24)19-8-4-5-9-21-10-6-7-15(21)11-22/h15,20,22H,4-11H2,1-3H3,(H,19,24). The lowest BCUT2D eigenvalue weighted by atomic mass is 10.1. The molecule has 1 atom stereocenters. The van der Waals surface area contributed by atoms with Crippen LogP contribution in [0.2, 0.25) is 0 Å². The van der Waals surface area contributed by atoms with Crippen molar-refractivity contribution < 1.29 is 14.7 Å². The average molecular weight is 335 g/mol. The van der Waals surface area contributed by atoms with E-state index in [0.29, 0.717) is 23.8 Å². The Hall–Kier alpha value is -1.66. The minimum Gasteiger partial charge on any atom is -0.395 e. The van der Waals surface area contributed by atoms with E-state index in [1.807, 2.05) is 6.92 Å². The van der Waals surface area contributed by atoms with E-state index >= 15 is 0 Å². The number of hydrogen-bond donors (Lipinski definition) is 3. The lowest BCUT2D eigenvalue weighted by Gasteiger charge is -2.22. The number of nitrogens with zero attached hydrogens (tertiary/aromatic N) is 1. The Bertz CT molecular complexity index is 595. The number of nitrogens with one attached hydrogen (secondary N) is 2. The first-order valence-electron chi connectivity index (χ1n) is 8.79. The Labute approximate surface area is 143 Å². The molecule has 0 aromatic carbocycles.